The van der Waals surface area contributed by atoms with Crippen LogP contribution in [0, 0.1) is 6.92 Å². The van der Waals surface area contributed by atoms with Crippen LogP contribution in [0.15, 0.2) is 46.9 Å². The number of rotatable bonds is 11. The molecule has 0 fully saturated rings. The molecule has 0 aliphatic rings. The van der Waals surface area contributed by atoms with Gasteiger partial charge in [-0.15, -0.1) is 0 Å². The number of hydrogen-bond donors (Lipinski definition) is 3. The van der Waals surface area contributed by atoms with Crippen molar-refractivity contribution in [3.05, 3.63) is 58.1 Å². The Hall–Kier alpha value is -2.65. The summed E-state index contributed by atoms with van der Waals surface area (Å²) in [6.07, 6.45) is 5.87. The van der Waals surface area contributed by atoms with E-state index in [1.807, 2.05) is 19.1 Å². The Kier molecular flexibility index (Phi) is 11.7. The molecule has 3 N–H and O–H groups in total. The summed E-state index contributed by atoms with van der Waals surface area (Å²) >= 11 is 8.47. The molecule has 178 valence electrons. The number of thiocarbonyl (C=S) groups is 1. The molecule has 33 heavy (non-hydrogen) atoms. The van der Waals surface area contributed by atoms with E-state index in [2.05, 4.69) is 39.0 Å². The largest absolute Gasteiger partial charge is 0.494 e. The molecule has 2 rings (SSSR count). The van der Waals surface area contributed by atoms with Crippen molar-refractivity contribution < 1.29 is 19.1 Å². The molecule has 9 heteroatoms. The second kappa shape index (κ2) is 14.5. The van der Waals surface area contributed by atoms with Crippen LogP contribution >= 0.6 is 28.1 Å². The van der Waals surface area contributed by atoms with Crippen LogP contribution in [0.4, 0.5) is 0 Å². The second-order valence-corrected chi connectivity index (χ2v) is 8.71. The lowest BCUT2D eigenvalue weighted by molar-refractivity contribution is -0.123. The summed E-state index contributed by atoms with van der Waals surface area (Å²) < 4.78 is 12.1. The third-order valence-electron chi connectivity index (χ3n) is 4.67. The molecule has 0 bridgehead atoms. The highest BCUT2D eigenvalue weighted by Gasteiger charge is 2.09. The van der Waals surface area contributed by atoms with Gasteiger partial charge in [-0.25, -0.2) is 0 Å². The lowest BCUT2D eigenvalue weighted by Crippen LogP contribution is -2.49. The van der Waals surface area contributed by atoms with E-state index in [0.29, 0.717) is 17.9 Å². The number of nitrogens with one attached hydrogen (secondary N) is 3. The van der Waals surface area contributed by atoms with Gasteiger partial charge in [0.25, 0.3) is 11.8 Å². The summed E-state index contributed by atoms with van der Waals surface area (Å²) in [7, 11) is 0. The van der Waals surface area contributed by atoms with Crippen molar-refractivity contribution >= 4 is 45.1 Å². The minimum atomic E-state index is -0.441. The fraction of sp³-hybridized carbons (Fsp3) is 0.375. The van der Waals surface area contributed by atoms with Gasteiger partial charge in [0.2, 0.25) is 0 Å². The number of aryl methyl sites for hydroxylation is 1. The predicted molar refractivity (Wildman–Crippen MR) is 136 cm³/mol. The minimum Gasteiger partial charge on any atom is -0.494 e. The molecule has 0 atom stereocenters. The Morgan fingerprint density at radius 3 is 2.33 bits per heavy atom. The Labute approximate surface area is 208 Å². The van der Waals surface area contributed by atoms with Gasteiger partial charge >= 0.3 is 0 Å². The summed E-state index contributed by atoms with van der Waals surface area (Å²) in [5.41, 5.74) is 6.30. The van der Waals surface area contributed by atoms with E-state index >= 15 is 0 Å². The Balaban J connectivity index is 1.67. The van der Waals surface area contributed by atoms with Crippen LogP contribution in [-0.2, 0) is 4.79 Å². The van der Waals surface area contributed by atoms with Crippen molar-refractivity contribution in [1.82, 2.24) is 16.2 Å². The molecule has 0 spiro atoms. The lowest BCUT2D eigenvalue weighted by Gasteiger charge is -2.12. The number of hydrogen-bond acceptors (Lipinski definition) is 5. The third-order valence-corrected chi connectivity index (χ3v) is 5.77. The molecule has 0 unspecified atom stereocenters. The third kappa shape index (κ3) is 10.2. The summed E-state index contributed by atoms with van der Waals surface area (Å²) in [6, 6.07) is 12.2. The monoisotopic (exact) mass is 535 g/mol. The van der Waals surface area contributed by atoms with Gasteiger partial charge in [-0.1, -0.05) is 48.5 Å². The number of benzene rings is 2. The fourth-order valence-corrected chi connectivity index (χ4v) is 3.21. The number of hydrazine groups is 1. The lowest BCUT2D eigenvalue weighted by atomic mass is 10.2. The molecule has 0 heterocycles. The highest BCUT2D eigenvalue weighted by atomic mass is 79.9. The first kappa shape index (κ1) is 26.6. The van der Waals surface area contributed by atoms with Crippen LogP contribution in [0.25, 0.3) is 0 Å². The molecule has 2 aromatic carbocycles. The molecule has 0 saturated heterocycles. The number of unbranched alkanes of at least 4 members (excludes halogenated alkanes) is 4. The second-order valence-electron chi connectivity index (χ2n) is 7.44. The van der Waals surface area contributed by atoms with Gasteiger partial charge in [-0.2, -0.15) is 0 Å². The molecule has 0 radical (unpaired) electrons. The molecule has 0 aromatic heterocycles. The maximum absolute atomic E-state index is 12.3. The quantitative estimate of drug-likeness (QED) is 0.217. The SMILES string of the molecule is CCCCCCCOc1ccc(C(=O)NC(=S)NNC(=O)COc2ccc(Br)c(C)c2)cc1. The standard InChI is InChI=1S/C24H30BrN3O4S/c1-3-4-5-6-7-14-31-19-10-8-18(9-11-19)23(30)26-24(33)28-27-22(29)16-32-20-12-13-21(25)17(2)15-20/h8-13,15H,3-7,14,16H2,1-2H3,(H,27,29)(H2,26,28,30,33). The molecular formula is C24H30BrN3O4S. The average molecular weight is 536 g/mol. The molecule has 2 amide bonds. The zero-order valence-electron chi connectivity index (χ0n) is 18.9. The summed E-state index contributed by atoms with van der Waals surface area (Å²) in [4.78, 5) is 24.3. The first-order chi connectivity index (χ1) is 15.9. The summed E-state index contributed by atoms with van der Waals surface area (Å²) in [5.74, 6) is 0.458. The zero-order chi connectivity index (χ0) is 24.1. The number of ether oxygens (including phenoxy) is 2. The van der Waals surface area contributed by atoms with Gasteiger partial charge in [0.1, 0.15) is 11.5 Å². The van der Waals surface area contributed by atoms with Gasteiger partial charge in [-0.05, 0) is 73.6 Å². The van der Waals surface area contributed by atoms with Gasteiger partial charge in [-0.3, -0.25) is 25.8 Å². The average Bonchev–Trinajstić information content (AvgIpc) is 2.81. The fourth-order valence-electron chi connectivity index (χ4n) is 2.82. The maximum Gasteiger partial charge on any atom is 0.276 e. The van der Waals surface area contributed by atoms with Crippen molar-refractivity contribution in [3.8, 4) is 11.5 Å². The normalized spacial score (nSPS) is 10.3. The Morgan fingerprint density at radius 2 is 1.64 bits per heavy atom. The van der Waals surface area contributed by atoms with Crippen LogP contribution in [0.3, 0.4) is 0 Å². The van der Waals surface area contributed by atoms with Crippen LogP contribution in [0.5, 0.6) is 11.5 Å². The highest BCUT2D eigenvalue weighted by molar-refractivity contribution is 9.10. The van der Waals surface area contributed by atoms with Gasteiger partial charge in [0.05, 0.1) is 6.61 Å². The maximum atomic E-state index is 12.3. The first-order valence-corrected chi connectivity index (χ1v) is 12.1. The minimum absolute atomic E-state index is 0.0276. The molecule has 0 saturated carbocycles. The smallest absolute Gasteiger partial charge is 0.276 e. The molecule has 0 aliphatic carbocycles. The molecular weight excluding hydrogens is 506 g/mol. The van der Waals surface area contributed by atoms with Gasteiger partial charge in [0.15, 0.2) is 11.7 Å². The number of halogens is 1. The van der Waals surface area contributed by atoms with E-state index < -0.39 is 11.8 Å². The molecule has 7 nitrogen and oxygen atoms in total. The van der Waals surface area contributed by atoms with Crippen molar-refractivity contribution in [1.29, 1.82) is 0 Å². The topological polar surface area (TPSA) is 88.7 Å². The highest BCUT2D eigenvalue weighted by Crippen LogP contribution is 2.21. The van der Waals surface area contributed by atoms with Gasteiger partial charge in [0, 0.05) is 10.0 Å². The van der Waals surface area contributed by atoms with Crippen LogP contribution in [0.1, 0.15) is 54.9 Å². The molecule has 2 aromatic rings. The van der Waals surface area contributed by atoms with Crippen molar-refractivity contribution in [2.75, 3.05) is 13.2 Å². The van der Waals surface area contributed by atoms with Gasteiger partial charge < -0.3 is 9.47 Å². The predicted octanol–water partition coefficient (Wildman–Crippen LogP) is 4.82. The molecule has 0 aliphatic heterocycles. The van der Waals surface area contributed by atoms with E-state index in [1.165, 1.54) is 19.3 Å². The van der Waals surface area contributed by atoms with Crippen molar-refractivity contribution in [3.63, 3.8) is 0 Å². The number of carbonyl (C=O) groups excluding carboxylic acids is 2. The Morgan fingerprint density at radius 1 is 0.939 bits per heavy atom. The van der Waals surface area contributed by atoms with Crippen LogP contribution in [-0.4, -0.2) is 30.1 Å². The Bertz CT molecular complexity index is 938. The number of amides is 2. The zero-order valence-corrected chi connectivity index (χ0v) is 21.3. The van der Waals surface area contributed by atoms with E-state index in [9.17, 15) is 9.59 Å². The number of carbonyl (C=O) groups is 2. The van der Waals surface area contributed by atoms with Crippen molar-refractivity contribution in [2.45, 2.75) is 46.0 Å². The summed E-state index contributed by atoms with van der Waals surface area (Å²) in [5, 5.41) is 2.48. The van der Waals surface area contributed by atoms with E-state index in [1.54, 1.807) is 30.3 Å². The van der Waals surface area contributed by atoms with Crippen molar-refractivity contribution in [2.24, 2.45) is 0 Å². The van der Waals surface area contributed by atoms with E-state index in [0.717, 1.165) is 28.6 Å². The van der Waals surface area contributed by atoms with Crippen LogP contribution < -0.4 is 25.6 Å². The summed E-state index contributed by atoms with van der Waals surface area (Å²) in [6.45, 7) is 4.57. The first-order valence-electron chi connectivity index (χ1n) is 10.9. The van der Waals surface area contributed by atoms with E-state index in [-0.39, 0.29) is 11.7 Å². The van der Waals surface area contributed by atoms with E-state index in [4.69, 9.17) is 21.7 Å². The van der Waals surface area contributed by atoms with Crippen LogP contribution in [0.2, 0.25) is 0 Å².